The van der Waals surface area contributed by atoms with E-state index in [1.807, 2.05) is 13.8 Å². The summed E-state index contributed by atoms with van der Waals surface area (Å²) < 4.78 is 16.2. The summed E-state index contributed by atoms with van der Waals surface area (Å²) in [6.07, 6.45) is -0.480. The molecule has 1 aromatic carbocycles. The van der Waals surface area contributed by atoms with Gasteiger partial charge in [0.1, 0.15) is 12.4 Å². The highest BCUT2D eigenvalue weighted by molar-refractivity contribution is 6.31. The van der Waals surface area contributed by atoms with E-state index in [1.165, 1.54) is 6.07 Å². The number of hydrogen-bond acceptors (Lipinski definition) is 4. The van der Waals surface area contributed by atoms with Gasteiger partial charge in [-0.25, -0.2) is 0 Å². The maximum absolute atomic E-state index is 11.3. The van der Waals surface area contributed by atoms with E-state index in [-0.39, 0.29) is 12.2 Å². The number of nitrogens with two attached hydrogens (primary N) is 1. The van der Waals surface area contributed by atoms with Crippen molar-refractivity contribution in [2.24, 2.45) is 5.73 Å². The second-order valence-electron chi connectivity index (χ2n) is 3.66. The standard InChI is InChI=1S/C13H18ClNO4/c1-3-17-12(18-4-2)8-19-11-6-5-9(14)7-10(11)13(15)16/h5-7,12H,3-4,8H2,1-2H3,(H2,15,16). The highest BCUT2D eigenvalue weighted by Gasteiger charge is 2.14. The first-order valence-electron chi connectivity index (χ1n) is 6.03. The van der Waals surface area contributed by atoms with E-state index in [2.05, 4.69) is 0 Å². The predicted molar refractivity (Wildman–Crippen MR) is 72.5 cm³/mol. The number of ether oxygens (including phenoxy) is 3. The van der Waals surface area contributed by atoms with Gasteiger partial charge in [-0.3, -0.25) is 4.79 Å². The van der Waals surface area contributed by atoms with Crippen molar-refractivity contribution in [3.63, 3.8) is 0 Å². The number of benzene rings is 1. The summed E-state index contributed by atoms with van der Waals surface area (Å²) in [6.45, 7) is 4.92. The molecule has 1 aromatic rings. The molecule has 0 spiro atoms. The smallest absolute Gasteiger partial charge is 0.252 e. The van der Waals surface area contributed by atoms with Crippen LogP contribution in [0.3, 0.4) is 0 Å². The molecule has 0 heterocycles. The monoisotopic (exact) mass is 287 g/mol. The van der Waals surface area contributed by atoms with Crippen molar-refractivity contribution in [3.05, 3.63) is 28.8 Å². The zero-order chi connectivity index (χ0) is 14.3. The largest absolute Gasteiger partial charge is 0.487 e. The molecule has 1 rings (SSSR count). The van der Waals surface area contributed by atoms with E-state index in [9.17, 15) is 4.79 Å². The highest BCUT2D eigenvalue weighted by atomic mass is 35.5. The van der Waals surface area contributed by atoms with Gasteiger partial charge in [0, 0.05) is 18.2 Å². The van der Waals surface area contributed by atoms with E-state index >= 15 is 0 Å². The predicted octanol–water partition coefficient (Wildman–Crippen LogP) is 2.22. The van der Waals surface area contributed by atoms with Crippen LogP contribution >= 0.6 is 11.6 Å². The Morgan fingerprint density at radius 3 is 2.47 bits per heavy atom. The van der Waals surface area contributed by atoms with Gasteiger partial charge in [-0.05, 0) is 32.0 Å². The van der Waals surface area contributed by atoms with Crippen LogP contribution in [0.15, 0.2) is 18.2 Å². The summed E-state index contributed by atoms with van der Waals surface area (Å²) in [7, 11) is 0. The van der Waals surface area contributed by atoms with Crippen molar-refractivity contribution in [1.82, 2.24) is 0 Å². The number of carbonyl (C=O) groups is 1. The van der Waals surface area contributed by atoms with Crippen molar-refractivity contribution in [1.29, 1.82) is 0 Å². The molecule has 0 aliphatic heterocycles. The molecule has 0 bridgehead atoms. The molecule has 0 fully saturated rings. The maximum atomic E-state index is 11.3. The SMILES string of the molecule is CCOC(COc1ccc(Cl)cc1C(N)=O)OCC. The first-order chi connectivity index (χ1) is 9.08. The first-order valence-corrected chi connectivity index (χ1v) is 6.41. The van der Waals surface area contributed by atoms with Crippen LogP contribution in [0.5, 0.6) is 5.75 Å². The van der Waals surface area contributed by atoms with E-state index in [0.29, 0.717) is 24.0 Å². The molecule has 0 aromatic heterocycles. The first kappa shape index (κ1) is 15.8. The van der Waals surface area contributed by atoms with Crippen LogP contribution in [0, 0.1) is 0 Å². The molecule has 1 amide bonds. The van der Waals surface area contributed by atoms with Crippen LogP contribution < -0.4 is 10.5 Å². The number of carbonyl (C=O) groups excluding carboxylic acids is 1. The molecule has 5 nitrogen and oxygen atoms in total. The average molecular weight is 288 g/mol. The molecular formula is C13H18ClNO4. The third-order valence-corrected chi connectivity index (χ3v) is 2.52. The second-order valence-corrected chi connectivity index (χ2v) is 4.09. The lowest BCUT2D eigenvalue weighted by atomic mass is 10.2. The number of rotatable bonds is 8. The van der Waals surface area contributed by atoms with E-state index < -0.39 is 12.2 Å². The van der Waals surface area contributed by atoms with E-state index in [0.717, 1.165) is 0 Å². The zero-order valence-electron chi connectivity index (χ0n) is 11.0. The Kier molecular flexibility index (Phi) is 6.62. The van der Waals surface area contributed by atoms with Gasteiger partial charge in [-0.15, -0.1) is 0 Å². The number of primary amides is 1. The lowest BCUT2D eigenvalue weighted by Crippen LogP contribution is -2.26. The van der Waals surface area contributed by atoms with Gasteiger partial charge >= 0.3 is 0 Å². The summed E-state index contributed by atoms with van der Waals surface area (Å²) in [5.41, 5.74) is 5.50. The van der Waals surface area contributed by atoms with Gasteiger partial charge in [-0.2, -0.15) is 0 Å². The van der Waals surface area contributed by atoms with Gasteiger partial charge in [0.2, 0.25) is 0 Å². The van der Waals surface area contributed by atoms with Crippen LogP contribution in [0.25, 0.3) is 0 Å². The fourth-order valence-corrected chi connectivity index (χ4v) is 1.67. The minimum Gasteiger partial charge on any atom is -0.487 e. The molecule has 0 atom stereocenters. The van der Waals surface area contributed by atoms with Gasteiger partial charge < -0.3 is 19.9 Å². The lowest BCUT2D eigenvalue weighted by molar-refractivity contribution is -0.152. The Labute approximate surface area is 117 Å². The molecule has 19 heavy (non-hydrogen) atoms. The zero-order valence-corrected chi connectivity index (χ0v) is 11.8. The molecular weight excluding hydrogens is 270 g/mol. The molecule has 6 heteroatoms. The molecule has 0 unspecified atom stereocenters. The van der Waals surface area contributed by atoms with Gasteiger partial charge in [-0.1, -0.05) is 11.6 Å². The number of amides is 1. The fourth-order valence-electron chi connectivity index (χ4n) is 1.49. The third-order valence-electron chi connectivity index (χ3n) is 2.29. The molecule has 0 radical (unpaired) electrons. The Bertz CT molecular complexity index is 419. The quantitative estimate of drug-likeness (QED) is 0.744. The van der Waals surface area contributed by atoms with Gasteiger partial charge in [0.25, 0.3) is 5.91 Å². The van der Waals surface area contributed by atoms with Crippen molar-refractivity contribution >= 4 is 17.5 Å². The Balaban J connectivity index is 2.73. The van der Waals surface area contributed by atoms with Gasteiger partial charge in [0.15, 0.2) is 6.29 Å². The molecule has 106 valence electrons. The average Bonchev–Trinajstić information content (AvgIpc) is 2.37. The van der Waals surface area contributed by atoms with E-state index in [4.69, 9.17) is 31.5 Å². The van der Waals surface area contributed by atoms with E-state index in [1.54, 1.807) is 12.1 Å². The Hall–Kier alpha value is -1.30. The Morgan fingerprint density at radius 1 is 1.32 bits per heavy atom. The van der Waals surface area contributed by atoms with Gasteiger partial charge in [0.05, 0.1) is 5.56 Å². The summed E-state index contributed by atoms with van der Waals surface area (Å²) in [5, 5.41) is 0.423. The summed E-state index contributed by atoms with van der Waals surface area (Å²) in [4.78, 5) is 11.3. The lowest BCUT2D eigenvalue weighted by Gasteiger charge is -2.18. The Morgan fingerprint density at radius 2 is 1.95 bits per heavy atom. The maximum Gasteiger partial charge on any atom is 0.252 e. The van der Waals surface area contributed by atoms with Crippen LogP contribution in [0.4, 0.5) is 0 Å². The summed E-state index contributed by atoms with van der Waals surface area (Å²) in [5.74, 6) is -0.233. The van der Waals surface area contributed by atoms with Crippen LogP contribution in [-0.4, -0.2) is 32.0 Å². The van der Waals surface area contributed by atoms with Crippen molar-refractivity contribution in [2.75, 3.05) is 19.8 Å². The summed E-state index contributed by atoms with van der Waals surface area (Å²) in [6, 6.07) is 4.69. The topological polar surface area (TPSA) is 70.8 Å². The highest BCUT2D eigenvalue weighted by Crippen LogP contribution is 2.22. The van der Waals surface area contributed by atoms with Crippen LogP contribution in [0.2, 0.25) is 5.02 Å². The molecule has 0 saturated carbocycles. The molecule has 0 aliphatic carbocycles. The van der Waals surface area contributed by atoms with Crippen molar-refractivity contribution in [3.8, 4) is 5.75 Å². The second kappa shape index (κ2) is 7.99. The molecule has 0 saturated heterocycles. The van der Waals surface area contributed by atoms with Crippen LogP contribution in [0.1, 0.15) is 24.2 Å². The van der Waals surface area contributed by atoms with Crippen molar-refractivity contribution in [2.45, 2.75) is 20.1 Å². The summed E-state index contributed by atoms with van der Waals surface area (Å²) >= 11 is 5.81. The third kappa shape index (κ3) is 5.06. The van der Waals surface area contributed by atoms with Crippen molar-refractivity contribution < 1.29 is 19.0 Å². The normalized spacial score (nSPS) is 10.7. The fraction of sp³-hybridized carbons (Fsp3) is 0.462. The molecule has 2 N–H and O–H groups in total. The van der Waals surface area contributed by atoms with Crippen LogP contribution in [-0.2, 0) is 9.47 Å². The minimum atomic E-state index is -0.595. The molecule has 0 aliphatic rings. The number of hydrogen-bond donors (Lipinski definition) is 1. The number of halogens is 1. The minimum absolute atomic E-state index is 0.170.